The van der Waals surface area contributed by atoms with Crippen molar-refractivity contribution in [2.75, 3.05) is 19.8 Å². The van der Waals surface area contributed by atoms with Gasteiger partial charge in [0.1, 0.15) is 48.8 Å². The van der Waals surface area contributed by atoms with Crippen LogP contribution in [0.2, 0.25) is 0 Å². The molecule has 2 fully saturated rings. The monoisotopic (exact) mass is 1030 g/mol. The summed E-state index contributed by atoms with van der Waals surface area (Å²) < 4.78 is 22.7. The van der Waals surface area contributed by atoms with Gasteiger partial charge in [0.05, 0.1) is 32.0 Å². The van der Waals surface area contributed by atoms with Gasteiger partial charge in [-0.15, -0.1) is 0 Å². The Morgan fingerprint density at radius 3 is 1.36 bits per heavy atom. The van der Waals surface area contributed by atoms with Crippen molar-refractivity contribution < 1.29 is 64.6 Å². The number of aliphatic hydroxyl groups is 8. The summed E-state index contributed by atoms with van der Waals surface area (Å²) in [7, 11) is 0. The molecule has 0 bridgehead atoms. The predicted octanol–water partition coefficient (Wildman–Crippen LogP) is 9.44. The zero-order chi connectivity index (χ0) is 52.4. The molecule has 12 unspecified atom stereocenters. The number of rotatable bonds is 46. The predicted molar refractivity (Wildman–Crippen MR) is 286 cm³/mol. The van der Waals surface area contributed by atoms with E-state index in [1.54, 1.807) is 6.08 Å². The maximum absolute atomic E-state index is 13.2. The number of nitrogens with one attached hydrogen (secondary N) is 1. The van der Waals surface area contributed by atoms with Gasteiger partial charge in [-0.1, -0.05) is 217 Å². The molecule has 72 heavy (non-hydrogen) atoms. The van der Waals surface area contributed by atoms with Crippen LogP contribution in [0, 0.1) is 0 Å². The van der Waals surface area contributed by atoms with Crippen molar-refractivity contribution in [1.82, 2.24) is 5.32 Å². The molecular formula is C58H107NO13. The Kier molecular flexibility index (Phi) is 40.9. The molecule has 0 aliphatic carbocycles. The smallest absolute Gasteiger partial charge is 0.220 e. The number of amides is 1. The summed E-state index contributed by atoms with van der Waals surface area (Å²) in [5, 5.41) is 86.9. The first-order valence-electron chi connectivity index (χ1n) is 29.2. The van der Waals surface area contributed by atoms with Crippen LogP contribution in [-0.4, -0.2) is 140 Å². The van der Waals surface area contributed by atoms with Gasteiger partial charge >= 0.3 is 0 Å². The second-order valence-electron chi connectivity index (χ2n) is 20.8. The Labute approximate surface area is 436 Å². The minimum absolute atomic E-state index is 0.253. The first-order chi connectivity index (χ1) is 35.1. The van der Waals surface area contributed by atoms with Gasteiger partial charge in [-0.05, 0) is 44.9 Å². The van der Waals surface area contributed by atoms with E-state index in [1.165, 1.54) is 154 Å². The van der Waals surface area contributed by atoms with E-state index in [4.69, 9.17) is 18.9 Å². The highest BCUT2D eigenvalue weighted by Gasteiger charge is 2.51. The van der Waals surface area contributed by atoms with E-state index in [1.807, 2.05) is 6.08 Å². The third-order valence-corrected chi connectivity index (χ3v) is 14.3. The van der Waals surface area contributed by atoms with Crippen molar-refractivity contribution in [3.63, 3.8) is 0 Å². The summed E-state index contributed by atoms with van der Waals surface area (Å²) in [4.78, 5) is 13.2. The Hall–Kier alpha value is -1.79. The zero-order valence-electron chi connectivity index (χ0n) is 45.2. The molecule has 2 rings (SSSR count). The number of aliphatic hydroxyl groups excluding tert-OH is 8. The van der Waals surface area contributed by atoms with Gasteiger partial charge in [0.2, 0.25) is 5.91 Å². The molecule has 9 N–H and O–H groups in total. The number of hydrogen-bond acceptors (Lipinski definition) is 13. The van der Waals surface area contributed by atoms with E-state index >= 15 is 0 Å². The number of carbonyl (C=O) groups excluding carboxylic acids is 1. The first-order valence-corrected chi connectivity index (χ1v) is 29.2. The van der Waals surface area contributed by atoms with Crippen molar-refractivity contribution in [3.05, 3.63) is 36.5 Å². The molecule has 14 nitrogen and oxygen atoms in total. The lowest BCUT2D eigenvalue weighted by molar-refractivity contribution is -0.359. The lowest BCUT2D eigenvalue weighted by Crippen LogP contribution is -2.65. The lowest BCUT2D eigenvalue weighted by atomic mass is 9.97. The summed E-state index contributed by atoms with van der Waals surface area (Å²) >= 11 is 0. The van der Waals surface area contributed by atoms with Crippen molar-refractivity contribution in [1.29, 1.82) is 0 Å². The number of hydrogen-bond donors (Lipinski definition) is 9. The number of carbonyl (C=O) groups is 1. The minimum atomic E-state index is -1.79. The zero-order valence-corrected chi connectivity index (χ0v) is 45.2. The molecule has 1 amide bonds. The quantitative estimate of drug-likeness (QED) is 0.0205. The van der Waals surface area contributed by atoms with Crippen LogP contribution in [0.25, 0.3) is 0 Å². The molecule has 14 heteroatoms. The Morgan fingerprint density at radius 2 is 0.889 bits per heavy atom. The molecule has 0 spiro atoms. The fourth-order valence-electron chi connectivity index (χ4n) is 9.56. The lowest BCUT2D eigenvalue weighted by Gasteiger charge is -2.46. The highest BCUT2D eigenvalue weighted by atomic mass is 16.7. The topological polar surface area (TPSA) is 228 Å². The van der Waals surface area contributed by atoms with Gasteiger partial charge in [-0.25, -0.2) is 0 Å². The Bertz CT molecular complexity index is 1350. The standard InChI is InChI=1S/C58H107NO13/c1-3-5-7-9-11-13-15-17-18-19-20-21-22-23-24-25-26-27-28-30-31-33-35-37-39-41-47(62)46(59-50(63)42-40-38-36-34-32-29-16-14-12-10-8-6-4-2)45-69-57-55(68)53(66)56(49(44-61)71-57)72-58-54(67)52(65)51(64)48(43-60)70-58/h26-27,31,33,39,41,46-49,51-58,60-62,64-68H,3-25,28-30,32,34-38,40,42-45H2,1-2H3,(H,59,63)/b27-26+,33-31+,41-39+. The van der Waals surface area contributed by atoms with Crippen molar-refractivity contribution in [2.24, 2.45) is 0 Å². The average molecular weight is 1030 g/mol. The third-order valence-electron chi connectivity index (χ3n) is 14.3. The summed E-state index contributed by atoms with van der Waals surface area (Å²) in [5.41, 5.74) is 0. The molecule has 2 saturated heterocycles. The molecular weight excluding hydrogens is 919 g/mol. The summed E-state index contributed by atoms with van der Waals surface area (Å²) in [6.07, 6.45) is 36.2. The normalized spacial score (nSPS) is 25.8. The summed E-state index contributed by atoms with van der Waals surface area (Å²) in [6.45, 7) is 2.78. The van der Waals surface area contributed by atoms with Crippen LogP contribution in [-0.2, 0) is 23.7 Å². The van der Waals surface area contributed by atoms with Gasteiger partial charge in [-0.2, -0.15) is 0 Å². The summed E-state index contributed by atoms with van der Waals surface area (Å²) in [5.74, 6) is -0.253. The van der Waals surface area contributed by atoms with E-state index in [-0.39, 0.29) is 18.9 Å². The second-order valence-corrected chi connectivity index (χ2v) is 20.8. The maximum atomic E-state index is 13.2. The van der Waals surface area contributed by atoms with Crippen LogP contribution < -0.4 is 5.32 Å². The van der Waals surface area contributed by atoms with Crippen molar-refractivity contribution in [2.45, 2.75) is 306 Å². The Balaban J connectivity index is 1.78. The first kappa shape index (κ1) is 66.3. The van der Waals surface area contributed by atoms with E-state index in [9.17, 15) is 45.6 Å². The van der Waals surface area contributed by atoms with E-state index in [2.05, 4.69) is 43.5 Å². The largest absolute Gasteiger partial charge is 0.394 e. The maximum Gasteiger partial charge on any atom is 0.220 e. The minimum Gasteiger partial charge on any atom is -0.394 e. The van der Waals surface area contributed by atoms with Crippen LogP contribution in [0.3, 0.4) is 0 Å². The SMILES string of the molecule is CCCCCCCCCCCCCCCCC/C=C/CC/C=C/CC/C=C/C(O)C(COC1OC(CO)C(OC2OC(CO)C(O)C(O)C2O)C(O)C1O)NC(=O)CCCCCCCCCCCCCCC. The molecule has 0 aromatic rings. The van der Waals surface area contributed by atoms with Gasteiger partial charge in [0, 0.05) is 6.42 Å². The van der Waals surface area contributed by atoms with Crippen molar-refractivity contribution >= 4 is 5.91 Å². The van der Waals surface area contributed by atoms with Crippen LogP contribution >= 0.6 is 0 Å². The van der Waals surface area contributed by atoms with Gasteiger partial charge in [-0.3, -0.25) is 4.79 Å². The van der Waals surface area contributed by atoms with Crippen LogP contribution in [0.5, 0.6) is 0 Å². The summed E-state index contributed by atoms with van der Waals surface area (Å²) in [6, 6.07) is -0.934. The fourth-order valence-corrected chi connectivity index (χ4v) is 9.56. The molecule has 0 aromatic carbocycles. The number of allylic oxidation sites excluding steroid dienone is 5. The molecule has 12 atom stereocenters. The fraction of sp³-hybridized carbons (Fsp3) is 0.879. The molecule has 422 valence electrons. The average Bonchev–Trinajstić information content (AvgIpc) is 3.38. The molecule has 2 heterocycles. The van der Waals surface area contributed by atoms with Gasteiger partial charge in [0.15, 0.2) is 12.6 Å². The van der Waals surface area contributed by atoms with E-state index in [0.29, 0.717) is 12.8 Å². The molecule has 0 aromatic heterocycles. The number of ether oxygens (including phenoxy) is 4. The van der Waals surface area contributed by atoms with E-state index in [0.717, 1.165) is 44.9 Å². The third kappa shape index (κ3) is 30.1. The Morgan fingerprint density at radius 1 is 0.486 bits per heavy atom. The molecule has 0 radical (unpaired) electrons. The second kappa shape index (κ2) is 44.3. The van der Waals surface area contributed by atoms with Gasteiger partial charge in [0.25, 0.3) is 0 Å². The van der Waals surface area contributed by atoms with Crippen LogP contribution in [0.4, 0.5) is 0 Å². The van der Waals surface area contributed by atoms with E-state index < -0.39 is 86.8 Å². The molecule has 0 saturated carbocycles. The van der Waals surface area contributed by atoms with Crippen LogP contribution in [0.1, 0.15) is 232 Å². The van der Waals surface area contributed by atoms with Gasteiger partial charge < -0.3 is 65.1 Å². The molecule has 2 aliphatic rings. The van der Waals surface area contributed by atoms with Crippen molar-refractivity contribution in [3.8, 4) is 0 Å². The van der Waals surface area contributed by atoms with Crippen LogP contribution in [0.15, 0.2) is 36.5 Å². The highest BCUT2D eigenvalue weighted by Crippen LogP contribution is 2.30. The highest BCUT2D eigenvalue weighted by molar-refractivity contribution is 5.76. The molecule has 2 aliphatic heterocycles. The number of unbranched alkanes of at least 4 members (excludes halogenated alkanes) is 29.